The topological polar surface area (TPSA) is 88.1 Å². The molecule has 7 nitrogen and oxygen atoms in total. The number of carbonyl (C=O) groups is 2. The molecule has 1 fully saturated rings. The summed E-state index contributed by atoms with van der Waals surface area (Å²) in [6, 6.07) is 12.6. The second-order valence-corrected chi connectivity index (χ2v) is 11.7. The van der Waals surface area contributed by atoms with Crippen LogP contribution in [0.4, 0.5) is 4.79 Å². The van der Waals surface area contributed by atoms with Crippen LogP contribution in [-0.2, 0) is 0 Å². The smallest absolute Gasteiger partial charge is 0.314 e. The molecule has 1 aliphatic rings. The molecule has 3 N–H and O–H groups in total. The number of halogens is 3. The first-order valence-corrected chi connectivity index (χ1v) is 14.4. The Morgan fingerprint density at radius 1 is 0.923 bits per heavy atom. The molecule has 0 unspecified atom stereocenters. The highest BCUT2D eigenvalue weighted by Gasteiger charge is 2.26. The molecule has 3 aromatic rings. The molecule has 1 heterocycles. The molecule has 10 heteroatoms. The van der Waals surface area contributed by atoms with Crippen LogP contribution in [0.25, 0.3) is 16.9 Å². The molecule has 1 aliphatic carbocycles. The lowest BCUT2D eigenvalue weighted by atomic mass is 9.82. The van der Waals surface area contributed by atoms with Crippen molar-refractivity contribution in [2.75, 3.05) is 13.1 Å². The summed E-state index contributed by atoms with van der Waals surface area (Å²) in [6.07, 6.45) is 4.04. The molecule has 208 valence electrons. The number of nitrogens with one attached hydrogen (secondary N) is 3. The number of hydrogen-bond acceptors (Lipinski definition) is 3. The number of urea groups is 1. The molecule has 0 aliphatic heterocycles. The van der Waals surface area contributed by atoms with E-state index in [9.17, 15) is 9.59 Å². The van der Waals surface area contributed by atoms with Crippen LogP contribution in [0.5, 0.6) is 0 Å². The van der Waals surface area contributed by atoms with E-state index in [2.05, 4.69) is 16.0 Å². The van der Waals surface area contributed by atoms with E-state index in [1.165, 1.54) is 0 Å². The quantitative estimate of drug-likeness (QED) is 0.263. The van der Waals surface area contributed by atoms with Gasteiger partial charge in [0.2, 0.25) is 0 Å². The standard InChI is InChI=1S/C29H34Cl3N5O2/c1-17(2)35-29(39)34-16-20-6-4-19(5-7-20)15-33-28(38)26-18(3)27(21-8-10-22(30)11-9-21)37(36-26)25-13-12-23(31)14-24(25)32/h8-14,17,19-20H,4-7,15-16H2,1-3H3,(H,33,38)(H2,34,35,39). The maximum Gasteiger partial charge on any atom is 0.314 e. The van der Waals surface area contributed by atoms with Crippen LogP contribution in [0.2, 0.25) is 15.1 Å². The maximum atomic E-state index is 13.3. The number of carbonyl (C=O) groups excluding carboxylic acids is 2. The molecule has 1 aromatic heterocycles. The van der Waals surface area contributed by atoms with Gasteiger partial charge < -0.3 is 16.0 Å². The van der Waals surface area contributed by atoms with Crippen molar-refractivity contribution in [3.8, 4) is 16.9 Å². The Morgan fingerprint density at radius 3 is 2.10 bits per heavy atom. The molecule has 4 rings (SSSR count). The van der Waals surface area contributed by atoms with Crippen LogP contribution in [-0.4, -0.2) is 40.9 Å². The first-order valence-electron chi connectivity index (χ1n) is 13.3. The zero-order chi connectivity index (χ0) is 28.1. The van der Waals surface area contributed by atoms with Crippen LogP contribution >= 0.6 is 34.8 Å². The van der Waals surface area contributed by atoms with E-state index in [0.29, 0.717) is 51.4 Å². The predicted molar refractivity (Wildman–Crippen MR) is 158 cm³/mol. The third-order valence-electron chi connectivity index (χ3n) is 7.08. The van der Waals surface area contributed by atoms with E-state index in [1.807, 2.05) is 32.9 Å². The van der Waals surface area contributed by atoms with Crippen molar-refractivity contribution >= 4 is 46.7 Å². The van der Waals surface area contributed by atoms with Gasteiger partial charge in [-0.3, -0.25) is 4.79 Å². The lowest BCUT2D eigenvalue weighted by Crippen LogP contribution is -2.42. The summed E-state index contributed by atoms with van der Waals surface area (Å²) in [7, 11) is 0. The van der Waals surface area contributed by atoms with Gasteiger partial charge in [-0.2, -0.15) is 5.10 Å². The zero-order valence-corrected chi connectivity index (χ0v) is 24.6. The average Bonchev–Trinajstić information content (AvgIpc) is 3.23. The highest BCUT2D eigenvalue weighted by molar-refractivity contribution is 6.35. The van der Waals surface area contributed by atoms with Gasteiger partial charge in [-0.15, -0.1) is 0 Å². The van der Waals surface area contributed by atoms with Crippen LogP contribution in [0.15, 0.2) is 42.5 Å². The first kappa shape index (κ1) is 29.2. The van der Waals surface area contributed by atoms with Gasteiger partial charge in [0, 0.05) is 40.3 Å². The molecular weight excluding hydrogens is 557 g/mol. The average molecular weight is 591 g/mol. The molecule has 0 bridgehead atoms. The monoisotopic (exact) mass is 589 g/mol. The highest BCUT2D eigenvalue weighted by Crippen LogP contribution is 2.33. The molecule has 0 saturated heterocycles. The molecule has 3 amide bonds. The molecule has 2 aromatic carbocycles. The third-order valence-corrected chi connectivity index (χ3v) is 7.87. The molecule has 0 radical (unpaired) electrons. The van der Waals surface area contributed by atoms with Crippen LogP contribution in [0.1, 0.15) is 55.6 Å². The number of amides is 3. The number of benzene rings is 2. The SMILES string of the molecule is Cc1c(C(=O)NCC2CCC(CNC(=O)NC(C)C)CC2)nn(-c2ccc(Cl)cc2Cl)c1-c1ccc(Cl)cc1. The predicted octanol–water partition coefficient (Wildman–Crippen LogP) is 7.05. The lowest BCUT2D eigenvalue weighted by Gasteiger charge is -2.28. The van der Waals surface area contributed by atoms with E-state index in [0.717, 1.165) is 42.5 Å². The minimum absolute atomic E-state index is 0.116. The third kappa shape index (κ3) is 7.47. The van der Waals surface area contributed by atoms with E-state index >= 15 is 0 Å². The Balaban J connectivity index is 1.44. The number of aromatic nitrogens is 2. The van der Waals surface area contributed by atoms with Crippen LogP contribution in [0.3, 0.4) is 0 Å². The minimum atomic E-state index is -0.222. The van der Waals surface area contributed by atoms with Crippen molar-refractivity contribution < 1.29 is 9.59 Å². The van der Waals surface area contributed by atoms with E-state index in [1.54, 1.807) is 35.0 Å². The lowest BCUT2D eigenvalue weighted by molar-refractivity contribution is 0.0935. The number of hydrogen-bond donors (Lipinski definition) is 3. The Labute approximate surface area is 244 Å². The molecule has 0 spiro atoms. The van der Waals surface area contributed by atoms with Gasteiger partial charge in [-0.25, -0.2) is 9.48 Å². The summed E-state index contributed by atoms with van der Waals surface area (Å²) in [6.45, 7) is 7.03. The van der Waals surface area contributed by atoms with E-state index in [4.69, 9.17) is 39.9 Å². The van der Waals surface area contributed by atoms with E-state index in [-0.39, 0.29) is 18.0 Å². The summed E-state index contributed by atoms with van der Waals surface area (Å²) in [5.41, 5.74) is 3.34. The van der Waals surface area contributed by atoms with Crippen molar-refractivity contribution in [2.24, 2.45) is 11.8 Å². The fourth-order valence-electron chi connectivity index (χ4n) is 5.00. The van der Waals surface area contributed by atoms with Crippen molar-refractivity contribution in [2.45, 2.75) is 52.5 Å². The zero-order valence-electron chi connectivity index (χ0n) is 22.4. The Bertz CT molecular complexity index is 1320. The Morgan fingerprint density at radius 2 is 1.51 bits per heavy atom. The second kappa shape index (κ2) is 13.1. The summed E-state index contributed by atoms with van der Waals surface area (Å²) in [4.78, 5) is 25.2. The van der Waals surface area contributed by atoms with Crippen molar-refractivity contribution in [3.63, 3.8) is 0 Å². The van der Waals surface area contributed by atoms with Gasteiger partial charge in [0.25, 0.3) is 5.91 Å². The minimum Gasteiger partial charge on any atom is -0.350 e. The summed E-state index contributed by atoms with van der Waals surface area (Å²) in [5, 5.41) is 15.2. The van der Waals surface area contributed by atoms with Gasteiger partial charge in [0.1, 0.15) is 0 Å². The van der Waals surface area contributed by atoms with Gasteiger partial charge >= 0.3 is 6.03 Å². The largest absolute Gasteiger partial charge is 0.350 e. The highest BCUT2D eigenvalue weighted by atomic mass is 35.5. The van der Waals surface area contributed by atoms with Crippen molar-refractivity contribution in [3.05, 3.63) is 68.8 Å². The van der Waals surface area contributed by atoms with Crippen molar-refractivity contribution in [1.82, 2.24) is 25.7 Å². The fraction of sp³-hybridized carbons (Fsp3) is 0.414. The van der Waals surface area contributed by atoms with Gasteiger partial charge in [0.05, 0.1) is 16.4 Å². The van der Waals surface area contributed by atoms with Gasteiger partial charge in [0.15, 0.2) is 5.69 Å². The summed E-state index contributed by atoms with van der Waals surface area (Å²) < 4.78 is 1.69. The van der Waals surface area contributed by atoms with Gasteiger partial charge in [-0.1, -0.05) is 46.9 Å². The van der Waals surface area contributed by atoms with E-state index < -0.39 is 0 Å². The molecule has 1 saturated carbocycles. The Hall–Kier alpha value is -2.74. The normalized spacial score (nSPS) is 17.2. The first-order chi connectivity index (χ1) is 18.6. The molecule has 0 atom stereocenters. The van der Waals surface area contributed by atoms with Crippen LogP contribution in [0, 0.1) is 18.8 Å². The molecular formula is C29H34Cl3N5O2. The Kier molecular flexibility index (Phi) is 9.81. The summed E-state index contributed by atoms with van der Waals surface area (Å²) >= 11 is 18.8. The maximum absolute atomic E-state index is 13.3. The summed E-state index contributed by atoms with van der Waals surface area (Å²) in [5.74, 6) is 0.623. The second-order valence-electron chi connectivity index (χ2n) is 10.4. The van der Waals surface area contributed by atoms with Crippen molar-refractivity contribution in [1.29, 1.82) is 0 Å². The number of rotatable bonds is 8. The molecule has 39 heavy (non-hydrogen) atoms. The number of nitrogens with zero attached hydrogens (tertiary/aromatic N) is 2. The van der Waals surface area contributed by atoms with Gasteiger partial charge in [-0.05, 0) is 88.6 Å². The fourth-order valence-corrected chi connectivity index (χ4v) is 5.61. The van der Waals surface area contributed by atoms with Crippen LogP contribution < -0.4 is 16.0 Å².